The molecule has 0 spiro atoms. The van der Waals surface area contributed by atoms with Gasteiger partial charge in [-0.05, 0) is 17.7 Å². The quantitative estimate of drug-likeness (QED) is 0.499. The summed E-state index contributed by atoms with van der Waals surface area (Å²) in [5.74, 6) is 0.926. The van der Waals surface area contributed by atoms with E-state index in [0.717, 1.165) is 61.9 Å². The van der Waals surface area contributed by atoms with Crippen LogP contribution in [0.3, 0.4) is 0 Å². The third kappa shape index (κ3) is 4.31. The van der Waals surface area contributed by atoms with Crippen molar-refractivity contribution in [2.24, 2.45) is 5.16 Å². The standard InChI is InChI=1S/C20H25N3O2/c1-25-20-10-6-5-9-19(20)23-15-13-22(14-16-23)12-11-18(21-24)17-7-3-2-4-8-17/h2-10,24H,11-16H2,1H3/b21-18+. The van der Waals surface area contributed by atoms with Gasteiger partial charge in [0.25, 0.3) is 0 Å². The molecule has 0 bridgehead atoms. The Hall–Kier alpha value is -2.53. The maximum absolute atomic E-state index is 9.30. The van der Waals surface area contributed by atoms with E-state index in [1.54, 1.807) is 7.11 Å². The topological polar surface area (TPSA) is 48.3 Å². The van der Waals surface area contributed by atoms with E-state index in [1.165, 1.54) is 0 Å². The van der Waals surface area contributed by atoms with Crippen molar-refractivity contribution >= 4 is 11.4 Å². The summed E-state index contributed by atoms with van der Waals surface area (Å²) in [5.41, 5.74) is 2.89. The number of benzene rings is 2. The molecule has 5 nitrogen and oxygen atoms in total. The van der Waals surface area contributed by atoms with Crippen molar-refractivity contribution in [2.75, 3.05) is 44.7 Å². The van der Waals surface area contributed by atoms with Gasteiger partial charge in [0.2, 0.25) is 0 Å². The molecular weight excluding hydrogens is 314 g/mol. The van der Waals surface area contributed by atoms with Crippen molar-refractivity contribution in [1.82, 2.24) is 4.90 Å². The lowest BCUT2D eigenvalue weighted by Gasteiger charge is -2.36. The second-order valence-corrected chi connectivity index (χ2v) is 6.16. The first-order valence-electron chi connectivity index (χ1n) is 8.68. The molecule has 2 aromatic rings. The number of methoxy groups -OCH3 is 1. The van der Waals surface area contributed by atoms with Gasteiger partial charge in [-0.25, -0.2) is 0 Å². The summed E-state index contributed by atoms with van der Waals surface area (Å²) in [5, 5.41) is 12.8. The number of rotatable bonds is 6. The van der Waals surface area contributed by atoms with Gasteiger partial charge in [-0.1, -0.05) is 47.6 Å². The highest BCUT2D eigenvalue weighted by molar-refractivity contribution is 6.00. The molecule has 5 heteroatoms. The summed E-state index contributed by atoms with van der Waals surface area (Å²) in [6.07, 6.45) is 0.745. The number of nitrogens with zero attached hydrogens (tertiary/aromatic N) is 3. The molecular formula is C20H25N3O2. The van der Waals surface area contributed by atoms with Gasteiger partial charge >= 0.3 is 0 Å². The van der Waals surface area contributed by atoms with Gasteiger partial charge in [-0.2, -0.15) is 0 Å². The Kier molecular flexibility index (Phi) is 5.90. The van der Waals surface area contributed by atoms with Crippen LogP contribution < -0.4 is 9.64 Å². The van der Waals surface area contributed by atoms with Gasteiger partial charge in [0, 0.05) is 39.1 Å². The molecule has 1 aliphatic heterocycles. The first-order chi connectivity index (χ1) is 12.3. The van der Waals surface area contributed by atoms with Crippen molar-refractivity contribution in [1.29, 1.82) is 0 Å². The molecule has 25 heavy (non-hydrogen) atoms. The van der Waals surface area contributed by atoms with Gasteiger partial charge in [0.05, 0.1) is 18.5 Å². The van der Waals surface area contributed by atoms with Crippen LogP contribution in [0.15, 0.2) is 59.8 Å². The van der Waals surface area contributed by atoms with E-state index in [4.69, 9.17) is 4.74 Å². The molecule has 1 fully saturated rings. The predicted molar refractivity (Wildman–Crippen MR) is 101 cm³/mol. The lowest BCUT2D eigenvalue weighted by atomic mass is 10.1. The summed E-state index contributed by atoms with van der Waals surface area (Å²) >= 11 is 0. The van der Waals surface area contributed by atoms with E-state index in [-0.39, 0.29) is 0 Å². The Morgan fingerprint density at radius 3 is 2.36 bits per heavy atom. The first kappa shape index (κ1) is 17.3. The largest absolute Gasteiger partial charge is 0.495 e. The SMILES string of the molecule is COc1ccccc1N1CCN(CC/C(=N\O)c2ccccc2)CC1. The molecule has 3 rings (SSSR count). The highest BCUT2D eigenvalue weighted by Gasteiger charge is 2.19. The van der Waals surface area contributed by atoms with E-state index in [1.807, 2.05) is 48.5 Å². The average molecular weight is 339 g/mol. The number of piperazine rings is 1. The molecule has 1 N–H and O–H groups in total. The molecule has 1 aliphatic rings. The predicted octanol–water partition coefficient (Wildman–Crippen LogP) is 3.09. The molecule has 0 radical (unpaired) electrons. The van der Waals surface area contributed by atoms with E-state index in [2.05, 4.69) is 21.0 Å². The average Bonchev–Trinajstić information content (AvgIpc) is 2.70. The van der Waals surface area contributed by atoms with E-state index >= 15 is 0 Å². The number of hydrogen-bond acceptors (Lipinski definition) is 5. The minimum absolute atomic E-state index is 0.743. The Morgan fingerprint density at radius 1 is 1.00 bits per heavy atom. The zero-order valence-corrected chi connectivity index (χ0v) is 14.6. The van der Waals surface area contributed by atoms with Gasteiger partial charge in [0.1, 0.15) is 5.75 Å². The Bertz CT molecular complexity index is 695. The Balaban J connectivity index is 1.53. The number of anilines is 1. The molecule has 0 saturated carbocycles. The minimum Gasteiger partial charge on any atom is -0.495 e. The molecule has 0 aromatic heterocycles. The fraction of sp³-hybridized carbons (Fsp3) is 0.350. The number of ether oxygens (including phenoxy) is 1. The second-order valence-electron chi connectivity index (χ2n) is 6.16. The highest BCUT2D eigenvalue weighted by atomic mass is 16.5. The summed E-state index contributed by atoms with van der Waals surface area (Å²) in [4.78, 5) is 4.79. The van der Waals surface area contributed by atoms with Crippen LogP contribution in [0.25, 0.3) is 0 Å². The summed E-state index contributed by atoms with van der Waals surface area (Å²) < 4.78 is 5.47. The van der Waals surface area contributed by atoms with E-state index < -0.39 is 0 Å². The Labute approximate surface area is 149 Å². The third-order valence-corrected chi connectivity index (χ3v) is 4.69. The monoisotopic (exact) mass is 339 g/mol. The molecule has 0 aliphatic carbocycles. The molecule has 0 atom stereocenters. The Morgan fingerprint density at radius 2 is 1.68 bits per heavy atom. The smallest absolute Gasteiger partial charge is 0.142 e. The molecule has 132 valence electrons. The maximum atomic E-state index is 9.30. The van der Waals surface area contributed by atoms with Crippen LogP contribution in [0.5, 0.6) is 5.75 Å². The number of oxime groups is 1. The van der Waals surface area contributed by atoms with Crippen LogP contribution in [0.2, 0.25) is 0 Å². The fourth-order valence-electron chi connectivity index (χ4n) is 3.25. The van der Waals surface area contributed by atoms with Gasteiger partial charge < -0.3 is 14.8 Å². The summed E-state index contributed by atoms with van der Waals surface area (Å²) in [7, 11) is 1.72. The van der Waals surface area contributed by atoms with Crippen molar-refractivity contribution in [3.63, 3.8) is 0 Å². The van der Waals surface area contributed by atoms with E-state index in [9.17, 15) is 5.21 Å². The van der Waals surface area contributed by atoms with Crippen molar-refractivity contribution < 1.29 is 9.94 Å². The lowest BCUT2D eigenvalue weighted by molar-refractivity contribution is 0.262. The first-order valence-corrected chi connectivity index (χ1v) is 8.68. The van der Waals surface area contributed by atoms with Crippen LogP contribution in [0.4, 0.5) is 5.69 Å². The van der Waals surface area contributed by atoms with Crippen LogP contribution in [0, 0.1) is 0 Å². The van der Waals surface area contributed by atoms with Crippen LogP contribution in [-0.2, 0) is 0 Å². The molecule has 2 aromatic carbocycles. The van der Waals surface area contributed by atoms with Crippen molar-refractivity contribution in [2.45, 2.75) is 6.42 Å². The molecule has 0 amide bonds. The van der Waals surface area contributed by atoms with E-state index in [0.29, 0.717) is 0 Å². The van der Waals surface area contributed by atoms with Crippen LogP contribution >= 0.6 is 0 Å². The minimum atomic E-state index is 0.743. The van der Waals surface area contributed by atoms with Crippen molar-refractivity contribution in [3.05, 3.63) is 60.2 Å². The van der Waals surface area contributed by atoms with Crippen LogP contribution in [0.1, 0.15) is 12.0 Å². The maximum Gasteiger partial charge on any atom is 0.142 e. The van der Waals surface area contributed by atoms with Gasteiger partial charge in [-0.15, -0.1) is 0 Å². The lowest BCUT2D eigenvalue weighted by Crippen LogP contribution is -2.47. The number of para-hydroxylation sites is 2. The molecule has 1 saturated heterocycles. The fourth-order valence-corrected chi connectivity index (χ4v) is 3.25. The summed E-state index contributed by atoms with van der Waals surface area (Å²) in [6.45, 7) is 4.82. The third-order valence-electron chi connectivity index (χ3n) is 4.69. The second kappa shape index (κ2) is 8.53. The number of hydrogen-bond donors (Lipinski definition) is 1. The summed E-state index contributed by atoms with van der Waals surface area (Å²) in [6, 6.07) is 18.0. The zero-order chi connectivity index (χ0) is 17.5. The normalized spacial score (nSPS) is 16.0. The van der Waals surface area contributed by atoms with Crippen LogP contribution in [-0.4, -0.2) is 55.7 Å². The zero-order valence-electron chi connectivity index (χ0n) is 14.6. The van der Waals surface area contributed by atoms with Gasteiger partial charge in [-0.3, -0.25) is 4.90 Å². The van der Waals surface area contributed by atoms with Gasteiger partial charge in [0.15, 0.2) is 0 Å². The molecule has 0 unspecified atom stereocenters. The highest BCUT2D eigenvalue weighted by Crippen LogP contribution is 2.28. The molecule has 1 heterocycles. The van der Waals surface area contributed by atoms with Crippen molar-refractivity contribution in [3.8, 4) is 5.75 Å².